The molecular weight excluding hydrogens is 344 g/mol. The van der Waals surface area contributed by atoms with Crippen molar-refractivity contribution in [2.24, 2.45) is 0 Å². The smallest absolute Gasteiger partial charge is 0.269 e. The van der Waals surface area contributed by atoms with E-state index in [0.717, 1.165) is 16.8 Å². The van der Waals surface area contributed by atoms with Gasteiger partial charge in [-0.2, -0.15) is 0 Å². The molecule has 0 aromatic heterocycles. The van der Waals surface area contributed by atoms with Gasteiger partial charge in [0.25, 0.3) is 11.6 Å². The number of anilines is 1. The molecule has 136 valence electrons. The van der Waals surface area contributed by atoms with Crippen molar-refractivity contribution in [3.63, 3.8) is 0 Å². The number of nitro benzene ring substituents is 1. The van der Waals surface area contributed by atoms with Gasteiger partial charge >= 0.3 is 0 Å². The molecule has 0 heterocycles. The van der Waals surface area contributed by atoms with E-state index in [4.69, 9.17) is 4.74 Å². The Morgan fingerprint density at radius 2 is 1.52 bits per heavy atom. The molecule has 0 aliphatic heterocycles. The Morgan fingerprint density at radius 1 is 0.926 bits per heavy atom. The van der Waals surface area contributed by atoms with Gasteiger partial charge in [0.15, 0.2) is 0 Å². The molecule has 0 saturated heterocycles. The molecule has 0 bridgehead atoms. The van der Waals surface area contributed by atoms with Gasteiger partial charge in [-0.3, -0.25) is 14.9 Å². The summed E-state index contributed by atoms with van der Waals surface area (Å²) in [7, 11) is 0. The molecule has 0 aliphatic carbocycles. The summed E-state index contributed by atoms with van der Waals surface area (Å²) in [5.41, 5.74) is 3.43. The number of nitro groups is 1. The largest absolute Gasteiger partial charge is 0.457 e. The van der Waals surface area contributed by atoms with Gasteiger partial charge in [-0.05, 0) is 67.4 Å². The highest BCUT2D eigenvalue weighted by Gasteiger charge is 2.09. The molecule has 1 amide bonds. The fourth-order valence-corrected chi connectivity index (χ4v) is 2.53. The Kier molecular flexibility index (Phi) is 5.17. The first-order valence-electron chi connectivity index (χ1n) is 8.34. The van der Waals surface area contributed by atoms with Crippen LogP contribution in [0.5, 0.6) is 11.5 Å². The molecule has 3 aromatic carbocycles. The van der Waals surface area contributed by atoms with Crippen LogP contribution in [0.3, 0.4) is 0 Å². The van der Waals surface area contributed by atoms with E-state index in [0.29, 0.717) is 17.1 Å². The molecule has 0 radical (unpaired) electrons. The first-order chi connectivity index (χ1) is 12.9. The summed E-state index contributed by atoms with van der Waals surface area (Å²) in [6.45, 7) is 3.96. The summed E-state index contributed by atoms with van der Waals surface area (Å²) in [6.07, 6.45) is 0. The van der Waals surface area contributed by atoms with Crippen LogP contribution in [0.2, 0.25) is 0 Å². The number of benzene rings is 3. The minimum absolute atomic E-state index is 0.000751. The summed E-state index contributed by atoms with van der Waals surface area (Å²) in [6, 6.07) is 18.3. The van der Waals surface area contributed by atoms with E-state index < -0.39 is 4.92 Å². The number of nitrogens with zero attached hydrogens (tertiary/aromatic N) is 1. The number of carbonyl (C=O) groups excluding carboxylic acids is 1. The molecular formula is C21H18N2O4. The topological polar surface area (TPSA) is 81.5 Å². The Balaban J connectivity index is 1.68. The van der Waals surface area contributed by atoms with Gasteiger partial charge in [-0.25, -0.2) is 0 Å². The molecule has 0 atom stereocenters. The molecule has 3 rings (SSSR count). The molecule has 0 aliphatic rings. The standard InChI is InChI=1S/C21H18N2O4/c1-14-4-3-5-20(15(14)2)22-21(24)16-6-10-18(11-7-16)27-19-12-8-17(9-13-19)23(25)26/h3-13H,1-2H3,(H,22,24). The van der Waals surface area contributed by atoms with Crippen LogP contribution in [0.15, 0.2) is 66.7 Å². The highest BCUT2D eigenvalue weighted by Crippen LogP contribution is 2.24. The number of hydrogen-bond donors (Lipinski definition) is 1. The SMILES string of the molecule is Cc1cccc(NC(=O)c2ccc(Oc3ccc([N+](=O)[O-])cc3)cc2)c1C. The fraction of sp³-hybridized carbons (Fsp3) is 0.0952. The van der Waals surface area contributed by atoms with Crippen molar-refractivity contribution >= 4 is 17.3 Å². The highest BCUT2D eigenvalue weighted by atomic mass is 16.6. The van der Waals surface area contributed by atoms with Crippen LogP contribution in [0.25, 0.3) is 0 Å². The van der Waals surface area contributed by atoms with Crippen molar-refractivity contribution in [1.29, 1.82) is 0 Å². The lowest BCUT2D eigenvalue weighted by Crippen LogP contribution is -2.12. The molecule has 6 heteroatoms. The van der Waals surface area contributed by atoms with E-state index in [2.05, 4.69) is 5.32 Å². The second-order valence-corrected chi connectivity index (χ2v) is 6.08. The van der Waals surface area contributed by atoms with Gasteiger partial charge in [0.2, 0.25) is 0 Å². The minimum Gasteiger partial charge on any atom is -0.457 e. The van der Waals surface area contributed by atoms with Gasteiger partial charge in [-0.1, -0.05) is 12.1 Å². The zero-order chi connectivity index (χ0) is 19.4. The first kappa shape index (κ1) is 18.1. The molecule has 0 saturated carbocycles. The van der Waals surface area contributed by atoms with Crippen molar-refractivity contribution in [3.8, 4) is 11.5 Å². The lowest BCUT2D eigenvalue weighted by Gasteiger charge is -2.11. The van der Waals surface area contributed by atoms with E-state index in [9.17, 15) is 14.9 Å². The average molecular weight is 362 g/mol. The van der Waals surface area contributed by atoms with Crippen LogP contribution in [0.4, 0.5) is 11.4 Å². The van der Waals surface area contributed by atoms with Crippen LogP contribution in [0.1, 0.15) is 21.5 Å². The van der Waals surface area contributed by atoms with Crippen LogP contribution in [0, 0.1) is 24.0 Å². The zero-order valence-corrected chi connectivity index (χ0v) is 14.9. The van der Waals surface area contributed by atoms with E-state index in [1.54, 1.807) is 24.3 Å². The van der Waals surface area contributed by atoms with Crippen molar-refractivity contribution in [2.75, 3.05) is 5.32 Å². The molecule has 6 nitrogen and oxygen atoms in total. The Hall–Kier alpha value is -3.67. The summed E-state index contributed by atoms with van der Waals surface area (Å²) < 4.78 is 5.65. The van der Waals surface area contributed by atoms with Gasteiger partial charge in [0.1, 0.15) is 11.5 Å². The second-order valence-electron chi connectivity index (χ2n) is 6.08. The zero-order valence-electron chi connectivity index (χ0n) is 14.9. The Labute approximate surface area is 156 Å². The van der Waals surface area contributed by atoms with Gasteiger partial charge < -0.3 is 10.1 Å². The first-order valence-corrected chi connectivity index (χ1v) is 8.34. The summed E-state index contributed by atoms with van der Waals surface area (Å²) in [5, 5.41) is 13.6. The van der Waals surface area contributed by atoms with E-state index in [-0.39, 0.29) is 11.6 Å². The van der Waals surface area contributed by atoms with Crippen LogP contribution < -0.4 is 10.1 Å². The number of aryl methyl sites for hydroxylation is 1. The van der Waals surface area contributed by atoms with Crippen LogP contribution >= 0.6 is 0 Å². The number of nitrogens with one attached hydrogen (secondary N) is 1. The molecule has 0 spiro atoms. The third-order valence-electron chi connectivity index (χ3n) is 4.25. The number of rotatable bonds is 5. The Bertz CT molecular complexity index is 980. The molecule has 1 N–H and O–H groups in total. The van der Waals surface area contributed by atoms with Crippen molar-refractivity contribution in [3.05, 3.63) is 93.5 Å². The number of amides is 1. The molecule has 27 heavy (non-hydrogen) atoms. The monoisotopic (exact) mass is 362 g/mol. The van der Waals surface area contributed by atoms with Gasteiger partial charge in [0, 0.05) is 23.4 Å². The highest BCUT2D eigenvalue weighted by molar-refractivity contribution is 6.04. The maximum Gasteiger partial charge on any atom is 0.269 e. The van der Waals surface area contributed by atoms with E-state index in [1.807, 2.05) is 32.0 Å². The average Bonchev–Trinajstić information content (AvgIpc) is 2.66. The van der Waals surface area contributed by atoms with E-state index in [1.165, 1.54) is 24.3 Å². The number of carbonyl (C=O) groups is 1. The minimum atomic E-state index is -0.465. The van der Waals surface area contributed by atoms with Crippen molar-refractivity contribution in [2.45, 2.75) is 13.8 Å². The third kappa shape index (κ3) is 4.30. The van der Waals surface area contributed by atoms with Crippen LogP contribution in [-0.2, 0) is 0 Å². The Morgan fingerprint density at radius 3 is 2.11 bits per heavy atom. The molecule has 3 aromatic rings. The third-order valence-corrected chi connectivity index (χ3v) is 4.25. The number of non-ortho nitro benzene ring substituents is 1. The lowest BCUT2D eigenvalue weighted by molar-refractivity contribution is -0.384. The lowest BCUT2D eigenvalue weighted by atomic mass is 10.1. The fourth-order valence-electron chi connectivity index (χ4n) is 2.53. The van der Waals surface area contributed by atoms with Crippen molar-refractivity contribution in [1.82, 2.24) is 0 Å². The summed E-state index contributed by atoms with van der Waals surface area (Å²) in [4.78, 5) is 22.6. The molecule has 0 unspecified atom stereocenters. The predicted molar refractivity (Wildman–Crippen MR) is 103 cm³/mol. The van der Waals surface area contributed by atoms with Gasteiger partial charge in [0.05, 0.1) is 4.92 Å². The second kappa shape index (κ2) is 7.70. The summed E-state index contributed by atoms with van der Waals surface area (Å²) >= 11 is 0. The maximum absolute atomic E-state index is 12.4. The normalized spacial score (nSPS) is 10.3. The predicted octanol–water partition coefficient (Wildman–Crippen LogP) is 5.26. The van der Waals surface area contributed by atoms with Gasteiger partial charge in [-0.15, -0.1) is 0 Å². The maximum atomic E-state index is 12.4. The number of hydrogen-bond acceptors (Lipinski definition) is 4. The number of ether oxygens (including phenoxy) is 1. The van der Waals surface area contributed by atoms with Crippen molar-refractivity contribution < 1.29 is 14.5 Å². The summed E-state index contributed by atoms with van der Waals surface area (Å²) in [5.74, 6) is 0.811. The quantitative estimate of drug-likeness (QED) is 0.496. The van der Waals surface area contributed by atoms with Crippen LogP contribution in [-0.4, -0.2) is 10.8 Å². The van der Waals surface area contributed by atoms with E-state index >= 15 is 0 Å². The molecule has 0 fully saturated rings.